The fourth-order valence-electron chi connectivity index (χ4n) is 5.51. The molecule has 0 radical (unpaired) electrons. The fourth-order valence-corrected chi connectivity index (χ4v) is 5.98. The Bertz CT molecular complexity index is 1540. The fraction of sp³-hybridized carbons (Fsp3) is 0.394. The topological polar surface area (TPSA) is 65.8 Å². The summed E-state index contributed by atoms with van der Waals surface area (Å²) in [6, 6.07) is 19.4. The van der Waals surface area contributed by atoms with Crippen LogP contribution in [-0.2, 0) is 29.2 Å². The minimum atomic E-state index is -0.345. The van der Waals surface area contributed by atoms with Crippen molar-refractivity contribution in [3.63, 3.8) is 0 Å². The first-order valence-corrected chi connectivity index (χ1v) is 15.3. The molecule has 2 atom stereocenters. The summed E-state index contributed by atoms with van der Waals surface area (Å²) in [5.41, 5.74) is 4.76. The molecule has 2 aliphatic rings. The lowest BCUT2D eigenvalue weighted by Crippen LogP contribution is -2.32. The number of methoxy groups -OCH3 is 1. The summed E-state index contributed by atoms with van der Waals surface area (Å²) in [6.07, 6.45) is 2.29. The average molecular weight is 611 g/mol. The van der Waals surface area contributed by atoms with Crippen LogP contribution in [0.15, 0.2) is 60.7 Å². The first kappa shape index (κ1) is 30.4. The number of rotatable bonds is 9. The molecule has 0 bridgehead atoms. The predicted molar refractivity (Wildman–Crippen MR) is 167 cm³/mol. The smallest absolute Gasteiger partial charge is 0.337 e. The zero-order chi connectivity index (χ0) is 29.6. The standard InChI is InChI=1S/C31H31Cl2N3O4.C2H6/c1-38-31(37)22-5-7-27-28(14-22)36(17-25-10-12-39-25)30(34-27)18-35-11-9-23(16-35)21-4-2-3-20(13-21)19-40-29-8-6-24(32)15-26(29)33;1-2/h2-8,13-15,23,25H,9-12,16-19H2,1H3;1-2H3. The normalized spacial score (nSPS) is 18.3. The zero-order valence-corrected chi connectivity index (χ0v) is 25.8. The maximum absolute atomic E-state index is 12.2. The summed E-state index contributed by atoms with van der Waals surface area (Å²) in [6.45, 7) is 8.64. The number of nitrogens with zero attached hydrogens (tertiary/aromatic N) is 3. The van der Waals surface area contributed by atoms with Crippen molar-refractivity contribution in [1.29, 1.82) is 0 Å². The summed E-state index contributed by atoms with van der Waals surface area (Å²) in [5, 5.41) is 1.09. The molecule has 3 heterocycles. The number of ether oxygens (including phenoxy) is 3. The van der Waals surface area contributed by atoms with Crippen LogP contribution in [0.1, 0.15) is 59.9 Å². The van der Waals surface area contributed by atoms with Crippen molar-refractivity contribution in [1.82, 2.24) is 14.5 Å². The lowest BCUT2D eigenvalue weighted by Gasteiger charge is -2.28. The number of hydrogen-bond acceptors (Lipinski definition) is 6. The molecule has 2 fully saturated rings. The summed E-state index contributed by atoms with van der Waals surface area (Å²) >= 11 is 12.3. The summed E-state index contributed by atoms with van der Waals surface area (Å²) in [5.74, 6) is 1.70. The third kappa shape index (κ3) is 6.92. The van der Waals surface area contributed by atoms with Gasteiger partial charge in [0.25, 0.3) is 0 Å². The van der Waals surface area contributed by atoms with Crippen LogP contribution < -0.4 is 4.74 Å². The van der Waals surface area contributed by atoms with Gasteiger partial charge in [-0.05, 0) is 72.8 Å². The highest BCUT2D eigenvalue weighted by atomic mass is 35.5. The molecule has 2 unspecified atom stereocenters. The van der Waals surface area contributed by atoms with E-state index in [9.17, 15) is 4.79 Å². The van der Waals surface area contributed by atoms with Crippen LogP contribution in [0, 0.1) is 0 Å². The van der Waals surface area contributed by atoms with E-state index in [1.54, 1.807) is 24.3 Å². The first-order chi connectivity index (χ1) is 20.5. The Morgan fingerprint density at radius 3 is 2.64 bits per heavy atom. The number of hydrogen-bond donors (Lipinski definition) is 0. The molecule has 0 N–H and O–H groups in total. The molecule has 222 valence electrons. The lowest BCUT2D eigenvalue weighted by molar-refractivity contribution is -0.0591. The van der Waals surface area contributed by atoms with E-state index in [1.807, 2.05) is 26.0 Å². The number of likely N-dealkylation sites (tertiary alicyclic amines) is 1. The minimum absolute atomic E-state index is 0.178. The third-order valence-electron chi connectivity index (χ3n) is 7.78. The van der Waals surface area contributed by atoms with Gasteiger partial charge in [0.15, 0.2) is 0 Å². The van der Waals surface area contributed by atoms with Gasteiger partial charge in [0.05, 0.1) is 47.9 Å². The second-order valence-electron chi connectivity index (χ2n) is 10.4. The second kappa shape index (κ2) is 13.9. The van der Waals surface area contributed by atoms with Crippen molar-refractivity contribution < 1.29 is 19.0 Å². The van der Waals surface area contributed by atoms with E-state index in [4.69, 9.17) is 42.4 Å². The maximum atomic E-state index is 12.2. The van der Waals surface area contributed by atoms with Crippen molar-refractivity contribution in [2.24, 2.45) is 0 Å². The van der Waals surface area contributed by atoms with Crippen molar-refractivity contribution in [3.8, 4) is 5.75 Å². The quantitative estimate of drug-likeness (QED) is 0.183. The van der Waals surface area contributed by atoms with E-state index in [0.29, 0.717) is 33.9 Å². The van der Waals surface area contributed by atoms with E-state index < -0.39 is 0 Å². The molecule has 4 aromatic rings. The van der Waals surface area contributed by atoms with Crippen LogP contribution in [0.4, 0.5) is 0 Å². The van der Waals surface area contributed by atoms with Crippen molar-refractivity contribution >= 4 is 40.2 Å². The van der Waals surface area contributed by atoms with Crippen molar-refractivity contribution in [2.75, 3.05) is 26.8 Å². The third-order valence-corrected chi connectivity index (χ3v) is 8.31. The highest BCUT2D eigenvalue weighted by molar-refractivity contribution is 6.35. The molecule has 2 aliphatic heterocycles. The molecule has 0 saturated carbocycles. The molecule has 2 saturated heterocycles. The monoisotopic (exact) mass is 609 g/mol. The van der Waals surface area contributed by atoms with E-state index in [1.165, 1.54) is 12.7 Å². The molecule has 7 nitrogen and oxygen atoms in total. The largest absolute Gasteiger partial charge is 0.487 e. The number of esters is 1. The molecular weight excluding hydrogens is 573 g/mol. The van der Waals surface area contributed by atoms with E-state index in [0.717, 1.165) is 68.0 Å². The molecule has 0 amide bonds. The van der Waals surface area contributed by atoms with Gasteiger partial charge in [-0.25, -0.2) is 9.78 Å². The zero-order valence-electron chi connectivity index (χ0n) is 24.3. The highest BCUT2D eigenvalue weighted by Gasteiger charge is 2.27. The number of carbonyl (C=O) groups is 1. The van der Waals surface area contributed by atoms with Gasteiger partial charge in [0, 0.05) is 18.2 Å². The number of fused-ring (bicyclic) bond motifs is 1. The number of benzene rings is 3. The predicted octanol–water partition coefficient (Wildman–Crippen LogP) is 7.51. The Labute approximate surface area is 257 Å². The van der Waals surface area contributed by atoms with E-state index in [-0.39, 0.29) is 12.1 Å². The molecule has 0 spiro atoms. The molecule has 42 heavy (non-hydrogen) atoms. The van der Waals surface area contributed by atoms with Gasteiger partial charge in [-0.1, -0.05) is 61.3 Å². The Hall–Kier alpha value is -3.10. The van der Waals surface area contributed by atoms with Gasteiger partial charge in [0.1, 0.15) is 18.2 Å². The number of carbonyl (C=O) groups excluding carboxylic acids is 1. The van der Waals surface area contributed by atoms with Gasteiger partial charge in [-0.15, -0.1) is 0 Å². The van der Waals surface area contributed by atoms with Crippen LogP contribution in [0.3, 0.4) is 0 Å². The summed E-state index contributed by atoms with van der Waals surface area (Å²) in [4.78, 5) is 19.6. The molecule has 9 heteroatoms. The van der Waals surface area contributed by atoms with Crippen molar-refractivity contribution in [2.45, 2.75) is 58.4 Å². The molecule has 1 aromatic heterocycles. The van der Waals surface area contributed by atoms with E-state index >= 15 is 0 Å². The molecule has 6 rings (SSSR count). The Morgan fingerprint density at radius 2 is 1.90 bits per heavy atom. The second-order valence-corrected chi connectivity index (χ2v) is 11.3. The molecule has 0 aliphatic carbocycles. The lowest BCUT2D eigenvalue weighted by atomic mass is 9.97. The summed E-state index contributed by atoms with van der Waals surface area (Å²) in [7, 11) is 1.40. The number of halogens is 2. The number of aromatic nitrogens is 2. The van der Waals surface area contributed by atoms with Gasteiger partial charge in [-0.3, -0.25) is 4.90 Å². The van der Waals surface area contributed by atoms with E-state index in [2.05, 4.69) is 33.7 Å². The van der Waals surface area contributed by atoms with Gasteiger partial charge in [0.2, 0.25) is 0 Å². The molecular formula is C33H37Cl2N3O4. The Morgan fingerprint density at radius 1 is 1.07 bits per heavy atom. The minimum Gasteiger partial charge on any atom is -0.487 e. The first-order valence-electron chi connectivity index (χ1n) is 14.5. The Kier molecular flexibility index (Phi) is 10.1. The average Bonchev–Trinajstić information content (AvgIpc) is 3.59. The van der Waals surface area contributed by atoms with Crippen LogP contribution in [0.2, 0.25) is 10.0 Å². The van der Waals surface area contributed by atoms with Gasteiger partial charge in [-0.2, -0.15) is 0 Å². The van der Waals surface area contributed by atoms with Gasteiger partial charge >= 0.3 is 5.97 Å². The maximum Gasteiger partial charge on any atom is 0.337 e. The van der Waals surface area contributed by atoms with Crippen LogP contribution in [-0.4, -0.2) is 53.3 Å². The Balaban J connectivity index is 0.00000173. The molecule has 3 aromatic carbocycles. The highest BCUT2D eigenvalue weighted by Crippen LogP contribution is 2.31. The van der Waals surface area contributed by atoms with Crippen LogP contribution in [0.25, 0.3) is 11.0 Å². The number of imidazole rings is 1. The van der Waals surface area contributed by atoms with Crippen molar-refractivity contribution in [3.05, 3.63) is 93.2 Å². The SMILES string of the molecule is CC.COC(=O)c1ccc2nc(CN3CCC(c4cccc(COc5ccc(Cl)cc5Cl)c4)C3)n(CC3CCO3)c2c1. The van der Waals surface area contributed by atoms with Gasteiger partial charge < -0.3 is 18.8 Å². The summed E-state index contributed by atoms with van der Waals surface area (Å²) < 4.78 is 18.9. The van der Waals surface area contributed by atoms with Crippen LogP contribution in [0.5, 0.6) is 5.75 Å². The van der Waals surface area contributed by atoms with Crippen LogP contribution >= 0.6 is 23.2 Å².